The normalized spacial score (nSPS) is 13.9. The molecule has 0 saturated heterocycles. The van der Waals surface area contributed by atoms with Crippen LogP contribution in [0.1, 0.15) is 45.8 Å². The molecule has 0 radical (unpaired) electrons. The Kier molecular flexibility index (Phi) is 8.85. The van der Waals surface area contributed by atoms with E-state index >= 15 is 0 Å². The summed E-state index contributed by atoms with van der Waals surface area (Å²) < 4.78 is 69.5. The summed E-state index contributed by atoms with van der Waals surface area (Å²) in [4.78, 5) is 13.0. The van der Waals surface area contributed by atoms with Gasteiger partial charge in [0.25, 0.3) is 17.2 Å². The van der Waals surface area contributed by atoms with Crippen molar-refractivity contribution in [2.75, 3.05) is 25.3 Å². The van der Waals surface area contributed by atoms with E-state index in [0.717, 1.165) is 18.4 Å². The molecule has 1 saturated carbocycles. The Bertz CT molecular complexity index is 1620. The summed E-state index contributed by atoms with van der Waals surface area (Å²) in [5.41, 5.74) is 3.28. The van der Waals surface area contributed by atoms with E-state index in [-0.39, 0.29) is 47.6 Å². The summed E-state index contributed by atoms with van der Waals surface area (Å²) in [6.45, 7) is 0.00207. The van der Waals surface area contributed by atoms with Crippen LogP contribution in [-0.4, -0.2) is 35.6 Å². The molecule has 1 aliphatic rings. The number of nitrogens with one attached hydrogen (secondary N) is 1. The van der Waals surface area contributed by atoms with Gasteiger partial charge in [-0.25, -0.2) is 13.0 Å². The third kappa shape index (κ3) is 6.21. The highest BCUT2D eigenvalue weighted by molar-refractivity contribution is 9.10. The number of halogens is 3. The Balaban J connectivity index is 1.62. The van der Waals surface area contributed by atoms with Gasteiger partial charge in [0, 0.05) is 31.2 Å². The topological polar surface area (TPSA) is 101 Å². The van der Waals surface area contributed by atoms with Crippen LogP contribution in [-0.2, 0) is 33.9 Å². The van der Waals surface area contributed by atoms with Gasteiger partial charge in [0.1, 0.15) is 29.8 Å². The number of furan rings is 1. The molecular formula is C29H27BrF2N2O6S. The summed E-state index contributed by atoms with van der Waals surface area (Å²) in [6.07, 6.45) is 1.74. The first-order valence-electron chi connectivity index (χ1n) is 12.7. The molecule has 41 heavy (non-hydrogen) atoms. The number of amides is 1. The molecule has 3 aromatic carbocycles. The lowest BCUT2D eigenvalue weighted by atomic mass is 10.00. The fraction of sp³-hybridized carbons (Fsp3) is 0.276. The molecule has 1 fully saturated rings. The maximum atomic E-state index is 14.8. The average Bonchev–Trinajstić information content (AvgIpc) is 3.73. The quantitative estimate of drug-likeness (QED) is 0.107. The van der Waals surface area contributed by atoms with E-state index < -0.39 is 22.9 Å². The van der Waals surface area contributed by atoms with Crippen molar-refractivity contribution in [2.24, 2.45) is 0 Å². The van der Waals surface area contributed by atoms with Gasteiger partial charge in [-0.2, -0.15) is 0 Å². The van der Waals surface area contributed by atoms with Crippen molar-refractivity contribution in [3.8, 4) is 11.3 Å². The van der Waals surface area contributed by atoms with Gasteiger partial charge in [0.15, 0.2) is 0 Å². The lowest BCUT2D eigenvalue weighted by molar-refractivity contribution is -0.0393. The van der Waals surface area contributed by atoms with Crippen LogP contribution in [0.25, 0.3) is 22.3 Å². The second kappa shape index (κ2) is 12.4. The second-order valence-corrected chi connectivity index (χ2v) is 11.3. The Morgan fingerprint density at radius 2 is 1.93 bits per heavy atom. The van der Waals surface area contributed by atoms with E-state index in [0.29, 0.717) is 33.3 Å². The van der Waals surface area contributed by atoms with E-state index in [1.807, 2.05) is 6.07 Å². The number of methoxy groups -OCH3 is 1. The van der Waals surface area contributed by atoms with E-state index in [1.165, 1.54) is 48.8 Å². The molecule has 4 aromatic rings. The molecule has 8 nitrogen and oxygen atoms in total. The summed E-state index contributed by atoms with van der Waals surface area (Å²) in [6, 6.07) is 12.0. The van der Waals surface area contributed by atoms with Crippen LogP contribution < -0.4 is 9.62 Å². The number of carbonyl (C=O) groups is 1. The van der Waals surface area contributed by atoms with E-state index in [4.69, 9.17) is 13.9 Å². The molecule has 1 unspecified atom stereocenters. The van der Waals surface area contributed by atoms with Crippen molar-refractivity contribution in [1.29, 1.82) is 0 Å². The maximum absolute atomic E-state index is 14.8. The number of benzene rings is 3. The first-order valence-corrected chi connectivity index (χ1v) is 14.6. The number of carbonyl (C=O) groups excluding carboxylic acids is 1. The van der Waals surface area contributed by atoms with Crippen molar-refractivity contribution in [2.45, 2.75) is 31.9 Å². The number of nitrogens with zero attached hydrogens (tertiary/aromatic N) is 1. The number of ether oxygens (including phenoxy) is 2. The monoisotopic (exact) mass is 648 g/mol. The van der Waals surface area contributed by atoms with Gasteiger partial charge in [-0.05, 0) is 87.8 Å². The predicted octanol–water partition coefficient (Wildman–Crippen LogP) is 6.64. The van der Waals surface area contributed by atoms with Crippen LogP contribution in [0.15, 0.2) is 57.4 Å². The largest absolute Gasteiger partial charge is 0.455 e. The Labute approximate surface area is 246 Å². The third-order valence-corrected chi connectivity index (χ3v) is 8.41. The number of hydrogen-bond acceptors (Lipinski definition) is 5. The van der Waals surface area contributed by atoms with Crippen molar-refractivity contribution < 1.29 is 36.2 Å². The SMILES string of the molecule is CNC(=O)c1c(-c2ccc(F)cc2)oc2cc(N(Cc3cc(F)c(Br)c(COCOC)c3)S(=O)O)c(C3CC3)cc12. The highest BCUT2D eigenvalue weighted by Gasteiger charge is 2.32. The van der Waals surface area contributed by atoms with Gasteiger partial charge in [-0.3, -0.25) is 13.7 Å². The van der Waals surface area contributed by atoms with Crippen LogP contribution in [0.4, 0.5) is 14.5 Å². The Hall–Kier alpha value is -3.16. The van der Waals surface area contributed by atoms with E-state index in [1.54, 1.807) is 12.1 Å². The smallest absolute Gasteiger partial charge is 0.262 e. The molecule has 12 heteroatoms. The fourth-order valence-electron chi connectivity index (χ4n) is 4.77. The first kappa shape index (κ1) is 29.3. The number of anilines is 1. The summed E-state index contributed by atoms with van der Waals surface area (Å²) in [5.74, 6) is -0.977. The molecule has 1 heterocycles. The molecule has 2 N–H and O–H groups in total. The standard InChI is InChI=1S/C29H27BrF2N2O6S/c1-33-29(35)26-22-11-21(17-3-4-17)24(12-25(22)40-28(26)18-5-7-20(31)8-6-18)34(41(36)37)13-16-9-19(14-39-15-38-2)27(30)23(32)10-16/h5-12,17H,3-4,13-15H2,1-2H3,(H,33,35)(H,36,37). The maximum Gasteiger partial charge on any atom is 0.262 e. The minimum Gasteiger partial charge on any atom is -0.455 e. The number of rotatable bonds is 11. The summed E-state index contributed by atoms with van der Waals surface area (Å²) in [5, 5.41) is 3.17. The van der Waals surface area contributed by atoms with Gasteiger partial charge in [-0.1, -0.05) is 6.07 Å². The van der Waals surface area contributed by atoms with Crippen LogP contribution in [0.2, 0.25) is 0 Å². The third-order valence-electron chi connectivity index (χ3n) is 6.82. The molecule has 0 aliphatic heterocycles. The van der Waals surface area contributed by atoms with Gasteiger partial charge in [0.05, 0.1) is 28.9 Å². The Morgan fingerprint density at radius 3 is 2.56 bits per heavy atom. The Morgan fingerprint density at radius 1 is 1.20 bits per heavy atom. The first-order chi connectivity index (χ1) is 19.7. The van der Waals surface area contributed by atoms with E-state index in [9.17, 15) is 22.3 Å². The molecule has 1 amide bonds. The van der Waals surface area contributed by atoms with Crippen molar-refractivity contribution in [3.05, 3.63) is 86.9 Å². The highest BCUT2D eigenvalue weighted by atomic mass is 79.9. The van der Waals surface area contributed by atoms with Crippen LogP contribution >= 0.6 is 15.9 Å². The minimum absolute atomic E-state index is 0.0247. The summed E-state index contributed by atoms with van der Waals surface area (Å²) in [7, 11) is 2.99. The van der Waals surface area contributed by atoms with Crippen molar-refractivity contribution in [3.63, 3.8) is 0 Å². The molecule has 0 bridgehead atoms. The lowest BCUT2D eigenvalue weighted by Crippen LogP contribution is -2.26. The van der Waals surface area contributed by atoms with Gasteiger partial charge < -0.3 is 19.2 Å². The van der Waals surface area contributed by atoms with Crippen molar-refractivity contribution in [1.82, 2.24) is 5.32 Å². The molecular weight excluding hydrogens is 622 g/mol. The zero-order valence-corrected chi connectivity index (χ0v) is 24.6. The van der Waals surface area contributed by atoms with E-state index in [2.05, 4.69) is 21.2 Å². The average molecular weight is 650 g/mol. The zero-order chi connectivity index (χ0) is 29.3. The minimum atomic E-state index is -2.48. The second-order valence-electron chi connectivity index (χ2n) is 9.65. The summed E-state index contributed by atoms with van der Waals surface area (Å²) >= 11 is 0.753. The van der Waals surface area contributed by atoms with Crippen LogP contribution in [0.3, 0.4) is 0 Å². The fourth-order valence-corrected chi connectivity index (χ4v) is 5.70. The zero-order valence-electron chi connectivity index (χ0n) is 22.2. The van der Waals surface area contributed by atoms with Gasteiger partial charge in [-0.15, -0.1) is 0 Å². The van der Waals surface area contributed by atoms with Crippen LogP contribution in [0.5, 0.6) is 0 Å². The predicted molar refractivity (Wildman–Crippen MR) is 155 cm³/mol. The van der Waals surface area contributed by atoms with Crippen LogP contribution in [0, 0.1) is 11.6 Å². The van der Waals surface area contributed by atoms with Crippen molar-refractivity contribution >= 4 is 49.8 Å². The lowest BCUT2D eigenvalue weighted by Gasteiger charge is -2.24. The van der Waals surface area contributed by atoms with Gasteiger partial charge >= 0.3 is 0 Å². The highest BCUT2D eigenvalue weighted by Crippen LogP contribution is 2.48. The molecule has 0 spiro atoms. The molecule has 216 valence electrons. The molecule has 5 rings (SSSR count). The number of hydrogen-bond donors (Lipinski definition) is 2. The molecule has 1 aliphatic carbocycles. The van der Waals surface area contributed by atoms with Gasteiger partial charge in [0.2, 0.25) is 0 Å². The number of fused-ring (bicyclic) bond motifs is 1. The molecule has 1 atom stereocenters. The molecule has 1 aromatic heterocycles.